The Bertz CT molecular complexity index is 1270. The molecule has 0 bridgehead atoms. The molecule has 0 saturated carbocycles. The van der Waals surface area contributed by atoms with E-state index in [9.17, 15) is 14.3 Å². The van der Waals surface area contributed by atoms with E-state index in [1.807, 2.05) is 42.5 Å². The van der Waals surface area contributed by atoms with Crippen LogP contribution < -0.4 is 10.1 Å². The van der Waals surface area contributed by atoms with Gasteiger partial charge in [-0.3, -0.25) is 0 Å². The number of nitrogens with one attached hydrogen (secondary N) is 1. The number of nitrogens with zero attached hydrogens (tertiary/aromatic N) is 1. The molecule has 1 aromatic heterocycles. The summed E-state index contributed by atoms with van der Waals surface area (Å²) in [5, 5.41) is 14.3. The molecule has 5 nitrogen and oxygen atoms in total. The van der Waals surface area contributed by atoms with E-state index in [2.05, 4.69) is 21.2 Å². The Morgan fingerprint density at radius 3 is 2.53 bits per heavy atom. The lowest BCUT2D eigenvalue weighted by Gasteiger charge is -2.11. The van der Waals surface area contributed by atoms with Crippen LogP contribution in [0.3, 0.4) is 0 Å². The smallest absolute Gasteiger partial charge is 0.352 e. The summed E-state index contributed by atoms with van der Waals surface area (Å²) in [5.41, 5.74) is 3.55. The number of carboxylic acid groups (broad SMARTS) is 1. The minimum absolute atomic E-state index is 0.206. The molecule has 0 aliphatic heterocycles. The number of hydrogen-bond acceptors (Lipinski definition) is 3. The monoisotopic (exact) mass is 496 g/mol. The highest BCUT2D eigenvalue weighted by molar-refractivity contribution is 9.10. The molecule has 0 aliphatic carbocycles. The van der Waals surface area contributed by atoms with Crippen molar-refractivity contribution >= 4 is 32.8 Å². The zero-order valence-electron chi connectivity index (χ0n) is 17.4. The molecular formula is C25H22BrFN2O3. The number of halogens is 2. The van der Waals surface area contributed by atoms with Crippen LogP contribution in [0.4, 0.5) is 4.39 Å². The number of aromatic nitrogens is 1. The molecule has 0 fully saturated rings. The Hall–Kier alpha value is -3.16. The van der Waals surface area contributed by atoms with Crippen LogP contribution in [0.15, 0.2) is 71.2 Å². The SMILES string of the molecule is COc1ccc2c(CNCc3ccccc3Br)c(C(=O)O)n(Cc3ccc(F)cc3)c2c1. The minimum atomic E-state index is -1.01. The van der Waals surface area contributed by atoms with Crippen LogP contribution in [-0.2, 0) is 19.6 Å². The molecule has 0 atom stereocenters. The lowest BCUT2D eigenvalue weighted by Crippen LogP contribution is -2.17. The highest BCUT2D eigenvalue weighted by Crippen LogP contribution is 2.31. The Balaban J connectivity index is 1.75. The van der Waals surface area contributed by atoms with E-state index in [1.165, 1.54) is 12.1 Å². The molecule has 164 valence electrons. The van der Waals surface area contributed by atoms with Gasteiger partial charge in [-0.05, 0) is 41.5 Å². The fourth-order valence-corrected chi connectivity index (χ4v) is 4.28. The van der Waals surface area contributed by atoms with Gasteiger partial charge in [0, 0.05) is 41.1 Å². The molecule has 2 N–H and O–H groups in total. The van der Waals surface area contributed by atoms with Crippen LogP contribution in [-0.4, -0.2) is 22.8 Å². The van der Waals surface area contributed by atoms with Crippen molar-refractivity contribution in [3.8, 4) is 5.75 Å². The second-order valence-electron chi connectivity index (χ2n) is 7.42. The van der Waals surface area contributed by atoms with Gasteiger partial charge in [-0.1, -0.05) is 46.3 Å². The van der Waals surface area contributed by atoms with E-state index < -0.39 is 5.97 Å². The maximum Gasteiger partial charge on any atom is 0.352 e. The lowest BCUT2D eigenvalue weighted by atomic mass is 10.1. The maximum atomic E-state index is 13.4. The zero-order chi connectivity index (χ0) is 22.7. The van der Waals surface area contributed by atoms with Gasteiger partial charge in [-0.15, -0.1) is 0 Å². The van der Waals surface area contributed by atoms with Crippen LogP contribution in [0.1, 0.15) is 27.2 Å². The first-order chi connectivity index (χ1) is 15.5. The third kappa shape index (κ3) is 4.54. The van der Waals surface area contributed by atoms with Gasteiger partial charge in [-0.25, -0.2) is 9.18 Å². The summed E-state index contributed by atoms with van der Waals surface area (Å²) < 4.78 is 21.5. The van der Waals surface area contributed by atoms with Crippen molar-refractivity contribution in [2.24, 2.45) is 0 Å². The first-order valence-corrected chi connectivity index (χ1v) is 10.9. The summed E-state index contributed by atoms with van der Waals surface area (Å²) in [6, 6.07) is 19.5. The molecule has 32 heavy (non-hydrogen) atoms. The molecule has 0 saturated heterocycles. The van der Waals surface area contributed by atoms with E-state index in [0.717, 1.165) is 26.5 Å². The number of aromatic carboxylic acids is 1. The summed E-state index contributed by atoms with van der Waals surface area (Å²) in [6.07, 6.45) is 0. The van der Waals surface area contributed by atoms with E-state index in [4.69, 9.17) is 4.74 Å². The summed E-state index contributed by atoms with van der Waals surface area (Å²) >= 11 is 3.54. The van der Waals surface area contributed by atoms with Crippen LogP contribution >= 0.6 is 15.9 Å². The summed E-state index contributed by atoms with van der Waals surface area (Å²) in [6.45, 7) is 1.26. The Morgan fingerprint density at radius 1 is 1.09 bits per heavy atom. The Labute approximate surface area is 193 Å². The minimum Gasteiger partial charge on any atom is -0.497 e. The van der Waals surface area contributed by atoms with Crippen molar-refractivity contribution in [2.45, 2.75) is 19.6 Å². The third-order valence-electron chi connectivity index (χ3n) is 5.41. The third-order valence-corrected chi connectivity index (χ3v) is 6.18. The fraction of sp³-hybridized carbons (Fsp3) is 0.160. The van der Waals surface area contributed by atoms with Crippen LogP contribution in [0.25, 0.3) is 10.9 Å². The zero-order valence-corrected chi connectivity index (χ0v) is 19.0. The molecule has 0 amide bonds. The molecule has 1 heterocycles. The molecule has 0 radical (unpaired) electrons. The van der Waals surface area contributed by atoms with Crippen molar-refractivity contribution in [1.82, 2.24) is 9.88 Å². The topological polar surface area (TPSA) is 63.5 Å². The number of carbonyl (C=O) groups is 1. The van der Waals surface area contributed by atoms with Crippen LogP contribution in [0.5, 0.6) is 5.75 Å². The predicted octanol–water partition coefficient (Wildman–Crippen LogP) is 5.59. The standard InChI is InChI=1S/C25H22BrFN2O3/c1-32-19-10-11-20-21(14-28-13-17-4-2-3-5-22(17)26)24(25(30)31)29(23(20)12-19)15-16-6-8-18(27)9-7-16/h2-12,28H,13-15H2,1H3,(H,30,31). The second-order valence-corrected chi connectivity index (χ2v) is 8.28. The molecule has 0 spiro atoms. The summed E-state index contributed by atoms with van der Waals surface area (Å²) in [5.74, 6) is -0.705. The highest BCUT2D eigenvalue weighted by Gasteiger charge is 2.23. The van der Waals surface area contributed by atoms with Crippen molar-refractivity contribution in [3.63, 3.8) is 0 Å². The number of ether oxygens (including phenoxy) is 1. The molecule has 3 aromatic carbocycles. The average Bonchev–Trinajstić information content (AvgIpc) is 3.09. The first-order valence-electron chi connectivity index (χ1n) is 10.1. The Morgan fingerprint density at radius 2 is 1.84 bits per heavy atom. The van der Waals surface area contributed by atoms with Gasteiger partial charge in [0.05, 0.1) is 12.6 Å². The number of rotatable bonds is 8. The highest BCUT2D eigenvalue weighted by atomic mass is 79.9. The number of benzene rings is 3. The van der Waals surface area contributed by atoms with Gasteiger partial charge < -0.3 is 19.7 Å². The second kappa shape index (κ2) is 9.54. The number of fused-ring (bicyclic) bond motifs is 1. The molecule has 4 aromatic rings. The van der Waals surface area contributed by atoms with E-state index in [-0.39, 0.29) is 11.5 Å². The van der Waals surface area contributed by atoms with Crippen molar-refractivity contribution < 1.29 is 19.0 Å². The van der Waals surface area contributed by atoms with E-state index >= 15 is 0 Å². The predicted molar refractivity (Wildman–Crippen MR) is 126 cm³/mol. The first kappa shape index (κ1) is 22.0. The van der Waals surface area contributed by atoms with Gasteiger partial charge >= 0.3 is 5.97 Å². The van der Waals surface area contributed by atoms with Crippen molar-refractivity contribution in [1.29, 1.82) is 0 Å². The van der Waals surface area contributed by atoms with Gasteiger partial charge in [0.25, 0.3) is 0 Å². The molecule has 0 aliphatic rings. The van der Waals surface area contributed by atoms with Gasteiger partial charge in [0.1, 0.15) is 17.3 Å². The fourth-order valence-electron chi connectivity index (χ4n) is 3.85. The van der Waals surface area contributed by atoms with Crippen molar-refractivity contribution in [2.75, 3.05) is 7.11 Å². The van der Waals surface area contributed by atoms with Gasteiger partial charge in [0.2, 0.25) is 0 Å². The molecular weight excluding hydrogens is 475 g/mol. The van der Waals surface area contributed by atoms with Crippen LogP contribution in [0.2, 0.25) is 0 Å². The van der Waals surface area contributed by atoms with Crippen LogP contribution in [0, 0.1) is 5.82 Å². The molecule has 7 heteroatoms. The van der Waals surface area contributed by atoms with E-state index in [1.54, 1.807) is 23.8 Å². The van der Waals surface area contributed by atoms with Crippen molar-refractivity contribution in [3.05, 3.63) is 99.4 Å². The summed E-state index contributed by atoms with van der Waals surface area (Å²) in [7, 11) is 1.58. The number of methoxy groups -OCH3 is 1. The summed E-state index contributed by atoms with van der Waals surface area (Å²) in [4.78, 5) is 12.4. The Kier molecular flexibility index (Phi) is 6.58. The van der Waals surface area contributed by atoms with Gasteiger partial charge in [-0.2, -0.15) is 0 Å². The lowest BCUT2D eigenvalue weighted by molar-refractivity contribution is 0.0684. The quantitative estimate of drug-likeness (QED) is 0.333. The maximum absolute atomic E-state index is 13.4. The largest absolute Gasteiger partial charge is 0.497 e. The van der Waals surface area contributed by atoms with E-state index in [0.29, 0.717) is 30.9 Å². The number of hydrogen-bond donors (Lipinski definition) is 2. The normalized spacial score (nSPS) is 11.1. The number of carboxylic acids is 1. The molecule has 4 rings (SSSR count). The molecule has 0 unspecified atom stereocenters. The van der Waals surface area contributed by atoms with Gasteiger partial charge in [0.15, 0.2) is 0 Å². The average molecular weight is 497 g/mol.